The van der Waals surface area contributed by atoms with Crippen LogP contribution in [0.15, 0.2) is 24.3 Å². The summed E-state index contributed by atoms with van der Waals surface area (Å²) in [5.74, 6) is -0.0606. The van der Waals surface area contributed by atoms with E-state index in [0.29, 0.717) is 24.6 Å². The van der Waals surface area contributed by atoms with E-state index < -0.39 is 0 Å². The number of halogens is 1. The molecular formula is C14H16ClNO3S. The lowest BCUT2D eigenvalue weighted by Gasteiger charge is -2.17. The minimum absolute atomic E-state index is 0.00685. The molecule has 0 bridgehead atoms. The highest BCUT2D eigenvalue weighted by atomic mass is 35.5. The molecule has 1 saturated heterocycles. The number of rotatable bonds is 5. The van der Waals surface area contributed by atoms with Crippen molar-refractivity contribution >= 4 is 40.9 Å². The summed E-state index contributed by atoms with van der Waals surface area (Å²) in [6.45, 7) is 2.76. The summed E-state index contributed by atoms with van der Waals surface area (Å²) in [7, 11) is 0. The number of anilines is 1. The Kier molecular flexibility index (Phi) is 5.31. The Morgan fingerprint density at radius 2 is 2.25 bits per heavy atom. The van der Waals surface area contributed by atoms with E-state index in [1.54, 1.807) is 17.9 Å². The highest BCUT2D eigenvalue weighted by molar-refractivity contribution is 8.01. The first-order chi connectivity index (χ1) is 9.63. The van der Waals surface area contributed by atoms with Crippen LogP contribution in [-0.2, 0) is 14.3 Å². The molecule has 1 fully saturated rings. The van der Waals surface area contributed by atoms with Crippen LogP contribution in [0.1, 0.15) is 13.3 Å². The van der Waals surface area contributed by atoms with Crippen molar-refractivity contribution in [3.05, 3.63) is 29.3 Å². The lowest BCUT2D eigenvalue weighted by atomic mass is 10.3. The maximum Gasteiger partial charge on any atom is 0.315 e. The zero-order valence-electron chi connectivity index (χ0n) is 11.2. The fraction of sp³-hybridized carbons (Fsp3) is 0.429. The molecule has 1 amide bonds. The zero-order valence-corrected chi connectivity index (χ0v) is 12.7. The van der Waals surface area contributed by atoms with Gasteiger partial charge in [0, 0.05) is 6.54 Å². The molecule has 1 atom stereocenters. The van der Waals surface area contributed by atoms with Gasteiger partial charge in [-0.05, 0) is 25.5 Å². The molecular weight excluding hydrogens is 298 g/mol. The smallest absolute Gasteiger partial charge is 0.315 e. The van der Waals surface area contributed by atoms with Crippen LogP contribution < -0.4 is 4.90 Å². The minimum Gasteiger partial charge on any atom is -0.465 e. The van der Waals surface area contributed by atoms with Crippen molar-refractivity contribution in [3.8, 4) is 0 Å². The van der Waals surface area contributed by atoms with Crippen molar-refractivity contribution in [1.82, 2.24) is 0 Å². The van der Waals surface area contributed by atoms with Crippen LogP contribution in [0.2, 0.25) is 5.02 Å². The first kappa shape index (κ1) is 15.2. The number of carbonyl (C=O) groups excluding carboxylic acids is 2. The minimum atomic E-state index is -0.276. The van der Waals surface area contributed by atoms with Crippen LogP contribution in [0.4, 0.5) is 5.69 Å². The topological polar surface area (TPSA) is 46.6 Å². The molecule has 0 aliphatic carbocycles. The summed E-state index contributed by atoms with van der Waals surface area (Å²) in [5.41, 5.74) is 0.735. The van der Waals surface area contributed by atoms with Gasteiger partial charge in [-0.15, -0.1) is 11.8 Å². The number of benzene rings is 1. The Hall–Kier alpha value is -1.20. The molecule has 1 aliphatic rings. The number of nitrogens with zero attached hydrogens (tertiary/aromatic N) is 1. The van der Waals surface area contributed by atoms with Crippen molar-refractivity contribution in [2.45, 2.75) is 18.6 Å². The second-order valence-electron chi connectivity index (χ2n) is 4.33. The Morgan fingerprint density at radius 3 is 2.95 bits per heavy atom. The molecule has 1 aromatic rings. The molecule has 0 spiro atoms. The summed E-state index contributed by atoms with van der Waals surface area (Å²) < 4.78 is 4.86. The first-order valence-corrected chi connectivity index (χ1v) is 7.89. The SMILES string of the molecule is CCOC(=O)CS[C@@H]1CCN(c2ccccc2Cl)C1=O. The summed E-state index contributed by atoms with van der Waals surface area (Å²) >= 11 is 7.45. The van der Waals surface area contributed by atoms with Gasteiger partial charge in [0.15, 0.2) is 0 Å². The predicted octanol–water partition coefficient (Wildman–Crippen LogP) is 2.74. The third-order valence-corrected chi connectivity index (χ3v) is 4.57. The molecule has 0 unspecified atom stereocenters. The largest absolute Gasteiger partial charge is 0.465 e. The second-order valence-corrected chi connectivity index (χ2v) is 5.93. The highest BCUT2D eigenvalue weighted by Crippen LogP contribution is 2.32. The molecule has 0 aromatic heterocycles. The van der Waals surface area contributed by atoms with E-state index in [2.05, 4.69) is 0 Å². The number of amides is 1. The Labute approximate surface area is 127 Å². The van der Waals surface area contributed by atoms with Gasteiger partial charge >= 0.3 is 5.97 Å². The summed E-state index contributed by atoms with van der Waals surface area (Å²) in [6, 6.07) is 7.29. The van der Waals surface area contributed by atoms with E-state index in [1.165, 1.54) is 11.8 Å². The first-order valence-electron chi connectivity index (χ1n) is 6.46. The van der Waals surface area contributed by atoms with Gasteiger partial charge in [-0.25, -0.2) is 0 Å². The van der Waals surface area contributed by atoms with Gasteiger partial charge in [0.2, 0.25) is 5.91 Å². The average Bonchev–Trinajstić information content (AvgIpc) is 2.79. The molecule has 2 rings (SSSR count). The van der Waals surface area contributed by atoms with Crippen molar-refractivity contribution in [3.63, 3.8) is 0 Å². The molecule has 20 heavy (non-hydrogen) atoms. The Balaban J connectivity index is 1.96. The molecule has 4 nitrogen and oxygen atoms in total. The van der Waals surface area contributed by atoms with Gasteiger partial charge in [0.05, 0.1) is 28.3 Å². The Morgan fingerprint density at radius 1 is 1.50 bits per heavy atom. The van der Waals surface area contributed by atoms with Gasteiger partial charge < -0.3 is 9.64 Å². The third-order valence-electron chi connectivity index (χ3n) is 3.01. The summed E-state index contributed by atoms with van der Waals surface area (Å²) in [5, 5.41) is 0.368. The van der Waals surface area contributed by atoms with Crippen LogP contribution in [0.25, 0.3) is 0 Å². The van der Waals surface area contributed by atoms with E-state index in [-0.39, 0.29) is 22.9 Å². The van der Waals surface area contributed by atoms with Crippen LogP contribution >= 0.6 is 23.4 Å². The summed E-state index contributed by atoms with van der Waals surface area (Å²) in [6.07, 6.45) is 0.716. The van der Waals surface area contributed by atoms with E-state index in [4.69, 9.17) is 16.3 Å². The molecule has 6 heteroatoms. The third kappa shape index (κ3) is 3.46. The van der Waals surface area contributed by atoms with Crippen LogP contribution in [0.3, 0.4) is 0 Å². The number of carbonyl (C=O) groups is 2. The molecule has 0 saturated carbocycles. The average molecular weight is 314 g/mol. The van der Waals surface area contributed by atoms with Crippen molar-refractivity contribution in [1.29, 1.82) is 0 Å². The van der Waals surface area contributed by atoms with Crippen molar-refractivity contribution in [2.75, 3.05) is 23.8 Å². The molecule has 1 heterocycles. The van der Waals surface area contributed by atoms with E-state index in [0.717, 1.165) is 5.69 Å². The fourth-order valence-electron chi connectivity index (χ4n) is 2.09. The second kappa shape index (κ2) is 6.99. The molecule has 1 aromatic carbocycles. The van der Waals surface area contributed by atoms with Crippen molar-refractivity contribution < 1.29 is 14.3 Å². The van der Waals surface area contributed by atoms with Crippen LogP contribution in [0.5, 0.6) is 0 Å². The zero-order chi connectivity index (χ0) is 14.5. The number of para-hydroxylation sites is 1. The normalized spacial score (nSPS) is 18.4. The lowest BCUT2D eigenvalue weighted by molar-refractivity contribution is -0.139. The monoisotopic (exact) mass is 313 g/mol. The highest BCUT2D eigenvalue weighted by Gasteiger charge is 2.34. The maximum atomic E-state index is 12.3. The predicted molar refractivity (Wildman–Crippen MR) is 81.3 cm³/mol. The quantitative estimate of drug-likeness (QED) is 0.784. The maximum absolute atomic E-state index is 12.3. The van der Waals surface area contributed by atoms with Gasteiger partial charge in [-0.2, -0.15) is 0 Å². The van der Waals surface area contributed by atoms with E-state index >= 15 is 0 Å². The van der Waals surface area contributed by atoms with Gasteiger partial charge in [0.1, 0.15) is 0 Å². The van der Waals surface area contributed by atoms with E-state index in [1.807, 2.05) is 18.2 Å². The van der Waals surface area contributed by atoms with E-state index in [9.17, 15) is 9.59 Å². The van der Waals surface area contributed by atoms with Crippen LogP contribution in [0, 0.1) is 0 Å². The lowest BCUT2D eigenvalue weighted by Crippen LogP contribution is -2.28. The summed E-state index contributed by atoms with van der Waals surface area (Å²) in [4.78, 5) is 25.3. The number of hydrogen-bond acceptors (Lipinski definition) is 4. The van der Waals surface area contributed by atoms with Crippen molar-refractivity contribution in [2.24, 2.45) is 0 Å². The van der Waals surface area contributed by atoms with Gasteiger partial charge in [0.25, 0.3) is 0 Å². The Bertz CT molecular complexity index is 509. The number of thioether (sulfide) groups is 1. The van der Waals surface area contributed by atoms with Gasteiger partial charge in [-0.1, -0.05) is 23.7 Å². The molecule has 0 radical (unpaired) electrons. The molecule has 108 valence electrons. The van der Waals surface area contributed by atoms with Gasteiger partial charge in [-0.3, -0.25) is 9.59 Å². The fourth-order valence-corrected chi connectivity index (χ4v) is 3.29. The number of hydrogen-bond donors (Lipinski definition) is 0. The van der Waals surface area contributed by atoms with Crippen LogP contribution in [-0.4, -0.2) is 36.0 Å². The number of ether oxygens (including phenoxy) is 1. The molecule has 1 aliphatic heterocycles. The molecule has 0 N–H and O–H groups in total. The number of esters is 1. The standard InChI is InChI=1S/C14H16ClNO3S/c1-2-19-13(17)9-20-12-7-8-16(14(12)18)11-6-4-3-5-10(11)15/h3-6,12H,2,7-9H2,1H3/t12-/m1/s1.